The Morgan fingerprint density at radius 1 is 1.56 bits per heavy atom. The largest absolute Gasteiger partial charge is 0.326 e. The molecule has 5 heteroatoms. The first-order chi connectivity index (χ1) is 8.15. The third-order valence-electron chi connectivity index (χ3n) is 3.06. The topological polar surface area (TPSA) is 41.1 Å². The van der Waals surface area contributed by atoms with Crippen molar-refractivity contribution in [2.24, 2.45) is 0 Å². The molecule has 2 N–H and O–H groups in total. The summed E-state index contributed by atoms with van der Waals surface area (Å²) >= 11 is 3.41. The van der Waals surface area contributed by atoms with Crippen molar-refractivity contribution in [3.8, 4) is 0 Å². The number of hydrogen-bond acceptors (Lipinski definition) is 2. The van der Waals surface area contributed by atoms with Gasteiger partial charge in [0.05, 0.1) is 0 Å². The van der Waals surface area contributed by atoms with Gasteiger partial charge in [-0.05, 0) is 50.1 Å². The van der Waals surface area contributed by atoms with E-state index in [1.165, 1.54) is 6.42 Å². The first-order valence-electron chi connectivity index (χ1n) is 5.94. The molecule has 1 amide bonds. The Labute approximate surface area is 122 Å². The number of anilines is 1. The molecule has 18 heavy (non-hydrogen) atoms. The van der Waals surface area contributed by atoms with Crippen LogP contribution in [-0.2, 0) is 4.79 Å². The van der Waals surface area contributed by atoms with E-state index >= 15 is 0 Å². The molecule has 0 saturated carbocycles. The molecule has 2 rings (SSSR count). The van der Waals surface area contributed by atoms with Gasteiger partial charge in [0.1, 0.15) is 0 Å². The molecule has 1 fully saturated rings. The predicted octanol–water partition coefficient (Wildman–Crippen LogP) is 3.26. The maximum absolute atomic E-state index is 11.8. The second-order valence-electron chi connectivity index (χ2n) is 4.50. The number of halogens is 2. The van der Waals surface area contributed by atoms with Crippen molar-refractivity contribution in [3.05, 3.63) is 28.2 Å². The number of amides is 1. The molecule has 1 aliphatic rings. The summed E-state index contributed by atoms with van der Waals surface area (Å²) in [5.74, 6) is 0.0924. The minimum absolute atomic E-state index is 0. The van der Waals surface area contributed by atoms with Crippen LogP contribution in [0.15, 0.2) is 22.7 Å². The van der Waals surface area contributed by atoms with Crippen molar-refractivity contribution in [1.82, 2.24) is 5.32 Å². The molecule has 0 bridgehead atoms. The fourth-order valence-electron chi connectivity index (χ4n) is 2.12. The number of benzene rings is 1. The number of hydrogen-bond donors (Lipinski definition) is 2. The molecular formula is C13H18BrClN2O. The lowest BCUT2D eigenvalue weighted by molar-refractivity contribution is -0.116. The maximum Gasteiger partial charge on any atom is 0.225 e. The number of carbonyl (C=O) groups is 1. The van der Waals surface area contributed by atoms with E-state index in [1.54, 1.807) is 0 Å². The zero-order valence-corrected chi connectivity index (χ0v) is 12.7. The molecule has 1 aromatic rings. The highest BCUT2D eigenvalue weighted by Crippen LogP contribution is 2.20. The van der Waals surface area contributed by atoms with Crippen LogP contribution >= 0.6 is 28.3 Å². The number of carbonyl (C=O) groups excluding carboxylic acids is 1. The van der Waals surface area contributed by atoms with Gasteiger partial charge in [-0.3, -0.25) is 4.79 Å². The van der Waals surface area contributed by atoms with E-state index < -0.39 is 0 Å². The van der Waals surface area contributed by atoms with E-state index in [9.17, 15) is 4.79 Å². The molecule has 1 unspecified atom stereocenters. The van der Waals surface area contributed by atoms with Crippen LogP contribution in [0, 0.1) is 6.92 Å². The van der Waals surface area contributed by atoms with Crippen molar-refractivity contribution < 1.29 is 4.79 Å². The molecule has 0 spiro atoms. The molecule has 1 atom stereocenters. The first-order valence-corrected chi connectivity index (χ1v) is 6.74. The van der Waals surface area contributed by atoms with Crippen molar-refractivity contribution in [2.75, 3.05) is 11.9 Å². The van der Waals surface area contributed by atoms with Crippen LogP contribution in [0.1, 0.15) is 24.8 Å². The summed E-state index contributed by atoms with van der Waals surface area (Å²) < 4.78 is 1.03. The van der Waals surface area contributed by atoms with Gasteiger partial charge in [0.2, 0.25) is 5.91 Å². The van der Waals surface area contributed by atoms with Crippen LogP contribution in [-0.4, -0.2) is 18.5 Å². The van der Waals surface area contributed by atoms with Crippen LogP contribution in [0.25, 0.3) is 0 Å². The Morgan fingerprint density at radius 2 is 2.33 bits per heavy atom. The summed E-state index contributed by atoms with van der Waals surface area (Å²) in [5.41, 5.74) is 1.98. The van der Waals surface area contributed by atoms with Gasteiger partial charge in [0.25, 0.3) is 0 Å². The quantitative estimate of drug-likeness (QED) is 0.891. The van der Waals surface area contributed by atoms with Gasteiger partial charge in [-0.25, -0.2) is 0 Å². The van der Waals surface area contributed by atoms with Crippen molar-refractivity contribution in [2.45, 2.75) is 32.2 Å². The lowest BCUT2D eigenvalue weighted by Crippen LogP contribution is -2.27. The second kappa shape index (κ2) is 7.12. The van der Waals surface area contributed by atoms with E-state index in [-0.39, 0.29) is 18.3 Å². The lowest BCUT2D eigenvalue weighted by Gasteiger charge is -2.12. The summed E-state index contributed by atoms with van der Waals surface area (Å²) in [7, 11) is 0. The Morgan fingerprint density at radius 3 is 2.94 bits per heavy atom. The van der Waals surface area contributed by atoms with E-state index in [2.05, 4.69) is 26.6 Å². The molecular weight excluding hydrogens is 316 g/mol. The van der Waals surface area contributed by atoms with Gasteiger partial charge in [-0.15, -0.1) is 12.4 Å². The average molecular weight is 334 g/mol. The highest BCUT2D eigenvalue weighted by molar-refractivity contribution is 9.10. The van der Waals surface area contributed by atoms with E-state index in [0.717, 1.165) is 28.7 Å². The normalized spacial score (nSPS) is 18.2. The van der Waals surface area contributed by atoms with Gasteiger partial charge in [0.15, 0.2) is 0 Å². The number of rotatable bonds is 3. The van der Waals surface area contributed by atoms with Crippen molar-refractivity contribution >= 4 is 39.9 Å². The minimum atomic E-state index is 0. The fourth-order valence-corrected chi connectivity index (χ4v) is 2.60. The van der Waals surface area contributed by atoms with E-state index in [4.69, 9.17) is 0 Å². The Bertz CT molecular complexity index is 419. The smallest absolute Gasteiger partial charge is 0.225 e. The summed E-state index contributed by atoms with van der Waals surface area (Å²) in [5, 5.41) is 6.29. The molecule has 3 nitrogen and oxygen atoms in total. The zero-order valence-electron chi connectivity index (χ0n) is 10.3. The van der Waals surface area contributed by atoms with Gasteiger partial charge in [-0.2, -0.15) is 0 Å². The summed E-state index contributed by atoms with van der Waals surface area (Å²) in [6, 6.07) is 6.23. The molecule has 1 saturated heterocycles. The summed E-state index contributed by atoms with van der Waals surface area (Å²) in [6.45, 7) is 3.03. The molecule has 1 aromatic carbocycles. The molecule has 1 heterocycles. The first kappa shape index (κ1) is 15.5. The van der Waals surface area contributed by atoms with Crippen molar-refractivity contribution in [1.29, 1.82) is 0 Å². The Hall–Kier alpha value is -0.580. The van der Waals surface area contributed by atoms with Crippen LogP contribution in [0.5, 0.6) is 0 Å². The summed E-state index contributed by atoms with van der Waals surface area (Å²) in [6.07, 6.45) is 2.84. The Balaban J connectivity index is 0.00000162. The van der Waals surface area contributed by atoms with Gasteiger partial charge >= 0.3 is 0 Å². The molecule has 100 valence electrons. The third kappa shape index (κ3) is 4.26. The van der Waals surface area contributed by atoms with Crippen LogP contribution < -0.4 is 10.6 Å². The van der Waals surface area contributed by atoms with Crippen LogP contribution in [0.4, 0.5) is 5.69 Å². The lowest BCUT2D eigenvalue weighted by atomic mass is 10.1. The van der Waals surface area contributed by atoms with Gasteiger partial charge in [-0.1, -0.05) is 15.9 Å². The number of nitrogens with one attached hydrogen (secondary N) is 2. The fraction of sp³-hybridized carbons (Fsp3) is 0.462. The highest BCUT2D eigenvalue weighted by Gasteiger charge is 2.17. The zero-order chi connectivity index (χ0) is 12.3. The second-order valence-corrected chi connectivity index (χ2v) is 5.42. The predicted molar refractivity (Wildman–Crippen MR) is 80.4 cm³/mol. The van der Waals surface area contributed by atoms with Crippen molar-refractivity contribution in [3.63, 3.8) is 0 Å². The van der Waals surface area contributed by atoms with E-state index in [1.807, 2.05) is 25.1 Å². The molecule has 0 radical (unpaired) electrons. The maximum atomic E-state index is 11.8. The van der Waals surface area contributed by atoms with Gasteiger partial charge < -0.3 is 10.6 Å². The highest BCUT2D eigenvalue weighted by atomic mass is 79.9. The monoisotopic (exact) mass is 332 g/mol. The Kier molecular flexibility index (Phi) is 6.12. The van der Waals surface area contributed by atoms with Gasteiger partial charge in [0, 0.05) is 22.6 Å². The third-order valence-corrected chi connectivity index (χ3v) is 3.55. The summed E-state index contributed by atoms with van der Waals surface area (Å²) in [4.78, 5) is 11.8. The molecule has 0 aromatic heterocycles. The van der Waals surface area contributed by atoms with Crippen LogP contribution in [0.2, 0.25) is 0 Å². The molecule has 1 aliphatic heterocycles. The SMILES string of the molecule is Cc1cc(Br)ccc1NC(=O)CC1CCCN1.Cl. The minimum Gasteiger partial charge on any atom is -0.326 e. The molecule has 0 aliphatic carbocycles. The average Bonchev–Trinajstić information content (AvgIpc) is 2.75. The van der Waals surface area contributed by atoms with Crippen LogP contribution in [0.3, 0.4) is 0 Å². The van der Waals surface area contributed by atoms with E-state index in [0.29, 0.717) is 12.5 Å². The standard InChI is InChI=1S/C13H17BrN2O.ClH/c1-9-7-10(14)4-5-12(9)16-13(17)8-11-3-2-6-15-11;/h4-5,7,11,15H,2-3,6,8H2,1H3,(H,16,17);1H. The number of aryl methyl sites for hydroxylation is 1.